The Morgan fingerprint density at radius 2 is 1.50 bits per heavy atom. The van der Waals surface area contributed by atoms with Crippen molar-refractivity contribution in [3.63, 3.8) is 0 Å². The molecular weight excluding hydrogens is 400 g/mol. The average Bonchev–Trinajstić information content (AvgIpc) is 2.63. The number of ether oxygens (including phenoxy) is 5. The zero-order chi connectivity index (χ0) is 22.8. The highest BCUT2D eigenvalue weighted by Gasteiger charge is 2.20. The van der Waals surface area contributed by atoms with Crippen molar-refractivity contribution < 1.29 is 43.2 Å². The van der Waals surface area contributed by atoms with Crippen LogP contribution in [-0.2, 0) is 28.5 Å². The van der Waals surface area contributed by atoms with Crippen molar-refractivity contribution in [2.45, 2.75) is 51.7 Å². The Balaban J connectivity index is 3.83. The lowest BCUT2D eigenvalue weighted by atomic mass is 10.1. The number of methoxy groups -OCH3 is 1. The molecule has 1 unspecified atom stereocenters. The maximum Gasteiger partial charge on any atom is 0.407 e. The van der Waals surface area contributed by atoms with E-state index >= 15 is 0 Å². The molecule has 176 valence electrons. The normalized spacial score (nSPS) is 12.1. The fourth-order valence-electron chi connectivity index (χ4n) is 2.08. The number of carboxylic acid groups (broad SMARTS) is 1. The Bertz CT molecular complexity index is 495. The van der Waals surface area contributed by atoms with Crippen molar-refractivity contribution in [3.05, 3.63) is 0 Å². The fourth-order valence-corrected chi connectivity index (χ4v) is 2.08. The molecule has 11 heteroatoms. The highest BCUT2D eigenvalue weighted by atomic mass is 16.6. The summed E-state index contributed by atoms with van der Waals surface area (Å²) in [6.07, 6.45) is -0.119. The molecular formula is C19H36N2O9. The highest BCUT2D eigenvalue weighted by molar-refractivity contribution is 5.79. The van der Waals surface area contributed by atoms with Gasteiger partial charge in [0.25, 0.3) is 0 Å². The van der Waals surface area contributed by atoms with Crippen LogP contribution < -0.4 is 10.6 Å². The number of carbonyl (C=O) groups excluding carboxylic acids is 2. The van der Waals surface area contributed by atoms with E-state index < -0.39 is 29.8 Å². The third-order valence-corrected chi connectivity index (χ3v) is 3.44. The molecule has 0 aliphatic carbocycles. The molecule has 0 aliphatic rings. The Labute approximate surface area is 177 Å². The van der Waals surface area contributed by atoms with Gasteiger partial charge in [-0.25, -0.2) is 14.4 Å². The monoisotopic (exact) mass is 436 g/mol. The van der Waals surface area contributed by atoms with Crippen LogP contribution in [0, 0.1) is 0 Å². The van der Waals surface area contributed by atoms with Gasteiger partial charge in [-0.3, -0.25) is 0 Å². The second-order valence-corrected chi connectivity index (χ2v) is 7.31. The zero-order valence-corrected chi connectivity index (χ0v) is 18.4. The largest absolute Gasteiger partial charge is 0.480 e. The van der Waals surface area contributed by atoms with Gasteiger partial charge in [0.1, 0.15) is 18.2 Å². The van der Waals surface area contributed by atoms with Crippen molar-refractivity contribution in [2.75, 3.05) is 53.3 Å². The lowest BCUT2D eigenvalue weighted by molar-refractivity contribution is -0.139. The van der Waals surface area contributed by atoms with Crippen LogP contribution in [0.15, 0.2) is 0 Å². The van der Waals surface area contributed by atoms with Crippen molar-refractivity contribution in [1.29, 1.82) is 0 Å². The molecule has 0 heterocycles. The van der Waals surface area contributed by atoms with Crippen molar-refractivity contribution in [3.8, 4) is 0 Å². The summed E-state index contributed by atoms with van der Waals surface area (Å²) in [5.74, 6) is -1.16. The Morgan fingerprint density at radius 3 is 2.07 bits per heavy atom. The van der Waals surface area contributed by atoms with Gasteiger partial charge < -0.3 is 39.4 Å². The van der Waals surface area contributed by atoms with E-state index in [-0.39, 0.29) is 19.6 Å². The number of nitrogens with one attached hydrogen (secondary N) is 2. The average molecular weight is 437 g/mol. The number of amides is 2. The van der Waals surface area contributed by atoms with Gasteiger partial charge in [0.15, 0.2) is 0 Å². The van der Waals surface area contributed by atoms with Gasteiger partial charge in [-0.1, -0.05) is 0 Å². The molecule has 0 fully saturated rings. The van der Waals surface area contributed by atoms with E-state index in [1.807, 2.05) is 0 Å². The van der Waals surface area contributed by atoms with Gasteiger partial charge in [0.05, 0.1) is 33.0 Å². The van der Waals surface area contributed by atoms with E-state index in [9.17, 15) is 19.5 Å². The third kappa shape index (κ3) is 18.0. The van der Waals surface area contributed by atoms with E-state index in [2.05, 4.69) is 10.6 Å². The third-order valence-electron chi connectivity index (χ3n) is 3.44. The Morgan fingerprint density at radius 1 is 0.900 bits per heavy atom. The van der Waals surface area contributed by atoms with E-state index in [0.29, 0.717) is 45.8 Å². The number of hydrogen-bond donors (Lipinski definition) is 3. The molecule has 0 aromatic rings. The maximum atomic E-state index is 11.7. The summed E-state index contributed by atoms with van der Waals surface area (Å²) in [6, 6.07) is -1.07. The van der Waals surface area contributed by atoms with Gasteiger partial charge >= 0.3 is 18.2 Å². The smallest absolute Gasteiger partial charge is 0.407 e. The second kappa shape index (κ2) is 16.7. The molecule has 0 aromatic carbocycles. The summed E-state index contributed by atoms with van der Waals surface area (Å²) in [6.45, 7) is 7.55. The Hall–Kier alpha value is -2.11. The van der Waals surface area contributed by atoms with Crippen LogP contribution in [-0.4, -0.2) is 88.2 Å². The second-order valence-electron chi connectivity index (χ2n) is 7.31. The van der Waals surface area contributed by atoms with Crippen molar-refractivity contribution in [1.82, 2.24) is 10.6 Å². The van der Waals surface area contributed by atoms with Gasteiger partial charge in [0.2, 0.25) is 0 Å². The number of unbranched alkanes of at least 4 members (excludes halogenated alkanes) is 1. The molecule has 0 radical (unpaired) electrons. The first-order valence-electron chi connectivity index (χ1n) is 9.93. The molecule has 2 amide bonds. The summed E-state index contributed by atoms with van der Waals surface area (Å²) in [5, 5.41) is 14.1. The van der Waals surface area contributed by atoms with Gasteiger partial charge in [-0.05, 0) is 40.0 Å². The van der Waals surface area contributed by atoms with E-state index in [1.54, 1.807) is 27.9 Å². The summed E-state index contributed by atoms with van der Waals surface area (Å²) in [5.41, 5.74) is -0.578. The highest BCUT2D eigenvalue weighted by Crippen LogP contribution is 2.07. The minimum absolute atomic E-state index is 0.00392. The lowest BCUT2D eigenvalue weighted by Crippen LogP contribution is -2.41. The van der Waals surface area contributed by atoms with Crippen LogP contribution in [0.3, 0.4) is 0 Å². The number of carboxylic acids is 1. The summed E-state index contributed by atoms with van der Waals surface area (Å²) in [4.78, 5) is 34.5. The maximum absolute atomic E-state index is 11.7. The standard InChI is InChI=1S/C19H36N2O9/c1-19(2,3)30-17(24)20-8-6-5-7-15(16(22)23)21-18(25)29-14-13-28-12-11-27-10-9-26-4/h15H,5-14H2,1-4H3,(H,20,24)(H,21,25)(H,22,23). The zero-order valence-electron chi connectivity index (χ0n) is 18.4. The van der Waals surface area contributed by atoms with Crippen LogP contribution in [0.4, 0.5) is 9.59 Å². The van der Waals surface area contributed by atoms with E-state index in [0.717, 1.165) is 0 Å². The van der Waals surface area contributed by atoms with Gasteiger partial charge in [-0.15, -0.1) is 0 Å². The summed E-state index contributed by atoms with van der Waals surface area (Å²) in [7, 11) is 1.58. The molecule has 0 spiro atoms. The first-order chi connectivity index (χ1) is 14.2. The number of alkyl carbamates (subject to hydrolysis) is 2. The predicted molar refractivity (Wildman–Crippen MR) is 108 cm³/mol. The fraction of sp³-hybridized carbons (Fsp3) is 0.842. The molecule has 30 heavy (non-hydrogen) atoms. The first-order valence-corrected chi connectivity index (χ1v) is 9.93. The molecule has 0 aliphatic heterocycles. The van der Waals surface area contributed by atoms with E-state index in [4.69, 9.17) is 23.7 Å². The van der Waals surface area contributed by atoms with Crippen LogP contribution in [0.5, 0.6) is 0 Å². The minimum Gasteiger partial charge on any atom is -0.480 e. The Kier molecular flexibility index (Phi) is 15.5. The first kappa shape index (κ1) is 27.9. The molecule has 0 saturated carbocycles. The van der Waals surface area contributed by atoms with Crippen molar-refractivity contribution >= 4 is 18.2 Å². The number of hydrogen-bond acceptors (Lipinski definition) is 8. The molecule has 0 bridgehead atoms. The summed E-state index contributed by atoms with van der Waals surface area (Å²) >= 11 is 0. The van der Waals surface area contributed by atoms with Crippen LogP contribution in [0.1, 0.15) is 40.0 Å². The van der Waals surface area contributed by atoms with Gasteiger partial charge in [-0.2, -0.15) is 0 Å². The number of aliphatic carboxylic acids is 1. The quantitative estimate of drug-likeness (QED) is 0.307. The molecule has 0 aromatic heterocycles. The van der Waals surface area contributed by atoms with Crippen LogP contribution in [0.2, 0.25) is 0 Å². The lowest BCUT2D eigenvalue weighted by Gasteiger charge is -2.19. The molecule has 3 N–H and O–H groups in total. The molecule has 0 saturated heterocycles. The molecule has 1 atom stereocenters. The summed E-state index contributed by atoms with van der Waals surface area (Å²) < 4.78 is 25.3. The number of rotatable bonds is 16. The van der Waals surface area contributed by atoms with Crippen LogP contribution >= 0.6 is 0 Å². The molecule has 0 rings (SSSR count). The van der Waals surface area contributed by atoms with Gasteiger partial charge in [0, 0.05) is 13.7 Å². The van der Waals surface area contributed by atoms with Crippen molar-refractivity contribution in [2.24, 2.45) is 0 Å². The topological polar surface area (TPSA) is 142 Å². The van der Waals surface area contributed by atoms with Crippen LogP contribution in [0.25, 0.3) is 0 Å². The SMILES string of the molecule is COCCOCCOCCOC(=O)NC(CCCCNC(=O)OC(C)(C)C)C(=O)O. The number of carbonyl (C=O) groups is 3. The molecule has 11 nitrogen and oxygen atoms in total. The van der Waals surface area contributed by atoms with E-state index in [1.165, 1.54) is 0 Å². The predicted octanol–water partition coefficient (Wildman–Crippen LogP) is 1.54. The minimum atomic E-state index is -1.16.